The Labute approximate surface area is 269 Å². The summed E-state index contributed by atoms with van der Waals surface area (Å²) in [6.45, 7) is 0. The van der Waals surface area contributed by atoms with Crippen molar-refractivity contribution in [1.29, 1.82) is 0 Å². The van der Waals surface area contributed by atoms with Crippen LogP contribution in [-0.2, 0) is 14.8 Å². The van der Waals surface area contributed by atoms with E-state index in [4.69, 9.17) is 21.3 Å². The lowest BCUT2D eigenvalue weighted by Crippen LogP contribution is -2.32. The second-order valence-electron chi connectivity index (χ2n) is 9.76. The molecule has 224 valence electrons. The third-order valence-corrected chi connectivity index (χ3v) is 9.28. The maximum absolute atomic E-state index is 13.6. The number of amidine groups is 1. The largest absolute Gasteiger partial charge is 0.495 e. The minimum absolute atomic E-state index is 0.0108. The summed E-state index contributed by atoms with van der Waals surface area (Å²) in [4.78, 5) is 24.6. The van der Waals surface area contributed by atoms with Crippen molar-refractivity contribution in [2.45, 2.75) is 4.90 Å². The third kappa shape index (κ3) is 6.58. The molecular formula is C34H25ClN4O4S2. The van der Waals surface area contributed by atoms with Gasteiger partial charge >= 0.3 is 0 Å². The number of nitrogens with one attached hydrogen (secondary N) is 1. The van der Waals surface area contributed by atoms with Crippen LogP contribution in [0.5, 0.6) is 5.75 Å². The zero-order valence-corrected chi connectivity index (χ0v) is 26.2. The molecule has 0 fully saturated rings. The van der Waals surface area contributed by atoms with Gasteiger partial charge in [0, 0.05) is 22.2 Å². The summed E-state index contributed by atoms with van der Waals surface area (Å²) in [5.41, 5.74) is 3.85. The van der Waals surface area contributed by atoms with E-state index in [2.05, 4.69) is 9.71 Å². The molecule has 1 N–H and O–H groups in total. The summed E-state index contributed by atoms with van der Waals surface area (Å²) < 4.78 is 33.5. The predicted molar refractivity (Wildman–Crippen MR) is 180 cm³/mol. The maximum Gasteiger partial charge on any atom is 0.284 e. The minimum Gasteiger partial charge on any atom is -0.495 e. The number of allylic oxidation sites excluding steroid dienone is 2. The summed E-state index contributed by atoms with van der Waals surface area (Å²) in [6.07, 6.45) is 5.43. The molecule has 1 aliphatic rings. The van der Waals surface area contributed by atoms with Crippen LogP contribution in [0.3, 0.4) is 0 Å². The molecule has 0 bridgehead atoms. The van der Waals surface area contributed by atoms with E-state index in [0.717, 1.165) is 16.7 Å². The highest BCUT2D eigenvalue weighted by Gasteiger charge is 2.34. The van der Waals surface area contributed by atoms with Crippen molar-refractivity contribution in [2.75, 3.05) is 16.7 Å². The van der Waals surface area contributed by atoms with Gasteiger partial charge in [0.15, 0.2) is 5.13 Å². The number of hydrogen-bond donors (Lipinski definition) is 1. The SMILES string of the molecule is COc1ccc(S(=O)(=O)Nc2ccc(-c3csc(N4C(=O)/C(=C/C=C\c5ccccc5)N=C4c4ccccc4)n3)cc2)cc1Cl. The van der Waals surface area contributed by atoms with Gasteiger partial charge in [0.05, 0.1) is 22.7 Å². The molecule has 1 aromatic heterocycles. The van der Waals surface area contributed by atoms with Crippen molar-refractivity contribution in [3.63, 3.8) is 0 Å². The third-order valence-electron chi connectivity index (χ3n) is 6.78. The molecule has 0 atom stereocenters. The molecule has 0 unspecified atom stereocenters. The van der Waals surface area contributed by atoms with Gasteiger partial charge < -0.3 is 4.74 Å². The summed E-state index contributed by atoms with van der Waals surface area (Å²) >= 11 is 7.44. The van der Waals surface area contributed by atoms with Gasteiger partial charge in [-0.3, -0.25) is 9.52 Å². The Balaban J connectivity index is 1.23. The molecule has 0 saturated carbocycles. The number of ether oxygens (including phenoxy) is 1. The smallest absolute Gasteiger partial charge is 0.284 e. The zero-order valence-electron chi connectivity index (χ0n) is 23.8. The highest BCUT2D eigenvalue weighted by atomic mass is 35.5. The number of nitrogens with zero attached hydrogens (tertiary/aromatic N) is 3. The Bertz CT molecular complexity index is 2060. The molecule has 45 heavy (non-hydrogen) atoms. The zero-order chi connectivity index (χ0) is 31.4. The molecule has 1 amide bonds. The molecule has 11 heteroatoms. The number of hydrogen-bond acceptors (Lipinski definition) is 7. The fraction of sp³-hybridized carbons (Fsp3) is 0.0294. The molecule has 4 aromatic carbocycles. The van der Waals surface area contributed by atoms with Crippen LogP contribution in [0.15, 0.2) is 136 Å². The number of rotatable bonds is 9. The highest BCUT2D eigenvalue weighted by Crippen LogP contribution is 2.33. The Kier molecular flexibility index (Phi) is 8.61. The van der Waals surface area contributed by atoms with Crippen molar-refractivity contribution in [2.24, 2.45) is 4.99 Å². The lowest BCUT2D eigenvalue weighted by molar-refractivity contribution is -0.113. The number of methoxy groups -OCH3 is 1. The first kappa shape index (κ1) is 30.0. The molecule has 6 rings (SSSR count). The molecule has 8 nitrogen and oxygen atoms in total. The fourth-order valence-corrected chi connectivity index (χ4v) is 6.78. The van der Waals surface area contributed by atoms with Crippen LogP contribution in [0.4, 0.5) is 10.8 Å². The molecule has 0 saturated heterocycles. The van der Waals surface area contributed by atoms with Crippen LogP contribution < -0.4 is 14.4 Å². The Morgan fingerprint density at radius 3 is 2.31 bits per heavy atom. The van der Waals surface area contributed by atoms with Crippen LogP contribution in [0, 0.1) is 0 Å². The predicted octanol–water partition coefficient (Wildman–Crippen LogP) is 7.66. The molecule has 2 heterocycles. The first-order valence-electron chi connectivity index (χ1n) is 13.7. The Morgan fingerprint density at radius 1 is 0.911 bits per heavy atom. The topological polar surface area (TPSA) is 101 Å². The van der Waals surface area contributed by atoms with Crippen molar-refractivity contribution >= 4 is 61.6 Å². The molecule has 1 aliphatic heterocycles. The van der Waals surface area contributed by atoms with Gasteiger partial charge in [-0.05, 0) is 42.0 Å². The Hall–Kier alpha value is -5.03. The molecule has 5 aromatic rings. The Morgan fingerprint density at radius 2 is 1.62 bits per heavy atom. The van der Waals surface area contributed by atoms with E-state index in [9.17, 15) is 13.2 Å². The number of halogens is 1. The highest BCUT2D eigenvalue weighted by molar-refractivity contribution is 7.92. The summed E-state index contributed by atoms with van der Waals surface area (Å²) in [5, 5.41) is 2.51. The first-order valence-corrected chi connectivity index (χ1v) is 16.4. The molecule has 0 spiro atoms. The molecule has 0 radical (unpaired) electrons. The number of carbonyl (C=O) groups is 1. The van der Waals surface area contributed by atoms with Crippen molar-refractivity contribution in [3.8, 4) is 17.0 Å². The van der Waals surface area contributed by atoms with E-state index in [1.807, 2.05) is 78.2 Å². The van der Waals surface area contributed by atoms with E-state index in [0.29, 0.717) is 33.8 Å². The fourth-order valence-electron chi connectivity index (χ4n) is 4.54. The van der Waals surface area contributed by atoms with Gasteiger partial charge in [-0.1, -0.05) is 96.5 Å². The van der Waals surface area contributed by atoms with E-state index in [1.165, 1.54) is 41.5 Å². The van der Waals surface area contributed by atoms with Crippen LogP contribution in [0.1, 0.15) is 11.1 Å². The minimum atomic E-state index is -3.88. The van der Waals surface area contributed by atoms with Crippen LogP contribution in [0.2, 0.25) is 5.02 Å². The second kappa shape index (κ2) is 12.9. The summed E-state index contributed by atoms with van der Waals surface area (Å²) in [6, 6.07) is 30.4. The van der Waals surface area contributed by atoms with E-state index in [1.54, 1.807) is 30.3 Å². The van der Waals surface area contributed by atoms with Gasteiger partial charge in [-0.25, -0.2) is 23.3 Å². The van der Waals surface area contributed by atoms with E-state index >= 15 is 0 Å². The van der Waals surface area contributed by atoms with E-state index < -0.39 is 10.0 Å². The average Bonchev–Trinajstić information content (AvgIpc) is 3.67. The van der Waals surface area contributed by atoms with Crippen molar-refractivity contribution in [3.05, 3.63) is 143 Å². The number of anilines is 2. The van der Waals surface area contributed by atoms with E-state index in [-0.39, 0.29) is 15.8 Å². The number of carbonyl (C=O) groups excluding carboxylic acids is 1. The van der Waals surface area contributed by atoms with Gasteiger partial charge in [-0.15, -0.1) is 11.3 Å². The first-order chi connectivity index (χ1) is 21.8. The van der Waals surface area contributed by atoms with Gasteiger partial charge in [-0.2, -0.15) is 0 Å². The number of benzene rings is 4. The van der Waals surface area contributed by atoms with Gasteiger partial charge in [0.25, 0.3) is 15.9 Å². The van der Waals surface area contributed by atoms with Crippen molar-refractivity contribution in [1.82, 2.24) is 4.98 Å². The monoisotopic (exact) mass is 652 g/mol. The van der Waals surface area contributed by atoms with Crippen LogP contribution in [0.25, 0.3) is 17.3 Å². The standard InChI is InChI=1S/C34H25ClN4O4S2/c1-43-31-20-19-27(21-28(31)35)45(41,42)38-26-17-15-24(16-18-26)30-22-44-34(37-30)39-32(25-12-6-3-7-13-25)36-29(33(39)40)14-8-11-23-9-4-2-5-10-23/h2-22,38H,1H3/b11-8-,29-14-. The number of amides is 1. The quantitative estimate of drug-likeness (QED) is 0.165. The molecular weight excluding hydrogens is 628 g/mol. The number of aromatic nitrogens is 1. The summed E-state index contributed by atoms with van der Waals surface area (Å²) in [7, 11) is -2.43. The van der Waals surface area contributed by atoms with Crippen LogP contribution in [-0.4, -0.2) is 32.3 Å². The van der Waals surface area contributed by atoms with Gasteiger partial charge in [0.2, 0.25) is 0 Å². The molecule has 0 aliphatic carbocycles. The number of thiazole rings is 1. The van der Waals surface area contributed by atoms with Crippen molar-refractivity contribution < 1.29 is 17.9 Å². The normalized spacial score (nSPS) is 14.3. The van der Waals surface area contributed by atoms with Crippen LogP contribution >= 0.6 is 22.9 Å². The number of aliphatic imine (C=N–C) groups is 1. The number of sulfonamides is 1. The maximum atomic E-state index is 13.6. The summed E-state index contributed by atoms with van der Waals surface area (Å²) in [5.74, 6) is 0.590. The average molecular weight is 653 g/mol. The lowest BCUT2D eigenvalue weighted by atomic mass is 10.1. The second-order valence-corrected chi connectivity index (χ2v) is 12.7. The lowest BCUT2D eigenvalue weighted by Gasteiger charge is -2.15. The van der Waals surface area contributed by atoms with Gasteiger partial charge in [0.1, 0.15) is 17.3 Å².